The number of carbonyl (C=O) groups is 1. The van der Waals surface area contributed by atoms with Crippen molar-refractivity contribution < 1.29 is 23.4 Å². The molecule has 0 unspecified atom stereocenters. The number of carbonyl (C=O) groups excluding carboxylic acids is 1. The Hall–Kier alpha value is -1.70. The molecule has 2 aliphatic heterocycles. The van der Waals surface area contributed by atoms with Gasteiger partial charge in [-0.05, 0) is 12.5 Å². The summed E-state index contributed by atoms with van der Waals surface area (Å²) in [7, 11) is 0. The van der Waals surface area contributed by atoms with Crippen LogP contribution in [0, 0.1) is 11.7 Å². The van der Waals surface area contributed by atoms with Gasteiger partial charge in [-0.3, -0.25) is 5.43 Å². The molecule has 1 aromatic carbocycles. The number of hydrazine groups is 1. The van der Waals surface area contributed by atoms with Crippen LogP contribution in [-0.2, 0) is 20.8 Å². The van der Waals surface area contributed by atoms with Crippen LogP contribution in [0.5, 0.6) is 0 Å². The van der Waals surface area contributed by atoms with Crippen LogP contribution < -0.4 is 10.9 Å². The summed E-state index contributed by atoms with van der Waals surface area (Å²) in [4.78, 5) is 11.7. The SMILES string of the molecule is O=C(NNCc1ccccc1F)O[C@H]1CO[C@H]2OCC[C@H]21. The van der Waals surface area contributed by atoms with Crippen molar-refractivity contribution in [3.05, 3.63) is 35.6 Å². The first kappa shape index (κ1) is 14.2. The Morgan fingerprint density at radius 1 is 1.38 bits per heavy atom. The molecule has 0 saturated carbocycles. The lowest BCUT2D eigenvalue weighted by Crippen LogP contribution is -2.40. The van der Waals surface area contributed by atoms with E-state index in [0.717, 1.165) is 6.42 Å². The van der Waals surface area contributed by atoms with Gasteiger partial charge in [-0.25, -0.2) is 14.6 Å². The van der Waals surface area contributed by atoms with Crippen LogP contribution in [0.1, 0.15) is 12.0 Å². The molecule has 1 amide bonds. The number of hydrogen-bond acceptors (Lipinski definition) is 5. The van der Waals surface area contributed by atoms with Gasteiger partial charge in [-0.15, -0.1) is 0 Å². The largest absolute Gasteiger partial charge is 0.442 e. The number of rotatable bonds is 4. The maximum atomic E-state index is 13.4. The maximum absolute atomic E-state index is 13.4. The monoisotopic (exact) mass is 296 g/mol. The van der Waals surface area contributed by atoms with E-state index in [4.69, 9.17) is 14.2 Å². The fourth-order valence-corrected chi connectivity index (χ4v) is 2.57. The molecule has 3 rings (SSSR count). The summed E-state index contributed by atoms with van der Waals surface area (Å²) < 4.78 is 29.4. The molecule has 0 spiro atoms. The average Bonchev–Trinajstić information content (AvgIpc) is 3.06. The highest BCUT2D eigenvalue weighted by Gasteiger charge is 2.43. The van der Waals surface area contributed by atoms with E-state index in [0.29, 0.717) is 18.8 Å². The minimum absolute atomic E-state index is 0.0994. The highest BCUT2D eigenvalue weighted by Crippen LogP contribution is 2.32. The Morgan fingerprint density at radius 3 is 3.10 bits per heavy atom. The smallest absolute Gasteiger partial charge is 0.421 e. The third-order valence-corrected chi connectivity index (χ3v) is 3.67. The Labute approximate surface area is 121 Å². The average molecular weight is 296 g/mol. The summed E-state index contributed by atoms with van der Waals surface area (Å²) in [6.45, 7) is 1.15. The van der Waals surface area contributed by atoms with Crippen LogP contribution >= 0.6 is 0 Å². The quantitative estimate of drug-likeness (QED) is 0.820. The molecule has 3 atom stereocenters. The van der Waals surface area contributed by atoms with Gasteiger partial charge < -0.3 is 14.2 Å². The van der Waals surface area contributed by atoms with Crippen LogP contribution in [0.4, 0.5) is 9.18 Å². The molecular formula is C14H17FN2O4. The van der Waals surface area contributed by atoms with Crippen LogP contribution in [0.3, 0.4) is 0 Å². The van der Waals surface area contributed by atoms with E-state index in [2.05, 4.69) is 10.9 Å². The Bertz CT molecular complexity index is 514. The first-order valence-corrected chi connectivity index (χ1v) is 6.90. The van der Waals surface area contributed by atoms with Gasteiger partial charge in [0.15, 0.2) is 6.29 Å². The zero-order valence-electron chi connectivity index (χ0n) is 11.4. The first-order chi connectivity index (χ1) is 10.2. The predicted octanol–water partition coefficient (Wildman–Crippen LogP) is 1.32. The van der Waals surface area contributed by atoms with Gasteiger partial charge in [-0.1, -0.05) is 18.2 Å². The minimum Gasteiger partial charge on any atom is -0.442 e. The van der Waals surface area contributed by atoms with E-state index in [1.807, 2.05) is 0 Å². The fourth-order valence-electron chi connectivity index (χ4n) is 2.57. The maximum Gasteiger partial charge on any atom is 0.421 e. The van der Waals surface area contributed by atoms with E-state index in [1.165, 1.54) is 6.07 Å². The number of benzene rings is 1. The molecule has 114 valence electrons. The molecule has 0 radical (unpaired) electrons. The van der Waals surface area contributed by atoms with E-state index in [9.17, 15) is 9.18 Å². The number of nitrogens with one attached hydrogen (secondary N) is 2. The summed E-state index contributed by atoms with van der Waals surface area (Å²) in [5.74, 6) is -0.224. The van der Waals surface area contributed by atoms with Crippen molar-refractivity contribution in [1.82, 2.24) is 10.9 Å². The van der Waals surface area contributed by atoms with E-state index in [-0.39, 0.29) is 30.7 Å². The second kappa shape index (κ2) is 6.38. The zero-order valence-corrected chi connectivity index (χ0v) is 11.4. The third-order valence-electron chi connectivity index (χ3n) is 3.67. The highest BCUT2D eigenvalue weighted by molar-refractivity contribution is 5.66. The first-order valence-electron chi connectivity index (χ1n) is 6.90. The molecule has 0 aliphatic carbocycles. The molecule has 2 aliphatic rings. The van der Waals surface area contributed by atoms with Crippen LogP contribution in [-0.4, -0.2) is 31.7 Å². The van der Waals surface area contributed by atoms with Crippen molar-refractivity contribution in [2.75, 3.05) is 13.2 Å². The summed E-state index contributed by atoms with van der Waals surface area (Å²) in [5, 5.41) is 0. The molecule has 1 aromatic rings. The van der Waals surface area contributed by atoms with Gasteiger partial charge in [0.25, 0.3) is 0 Å². The normalized spacial score (nSPS) is 27.4. The van der Waals surface area contributed by atoms with Crippen molar-refractivity contribution in [1.29, 1.82) is 0 Å². The van der Waals surface area contributed by atoms with Crippen LogP contribution in [0.2, 0.25) is 0 Å². The van der Waals surface area contributed by atoms with Gasteiger partial charge in [-0.2, -0.15) is 0 Å². The van der Waals surface area contributed by atoms with E-state index >= 15 is 0 Å². The van der Waals surface area contributed by atoms with Crippen molar-refractivity contribution >= 4 is 6.09 Å². The fraction of sp³-hybridized carbons (Fsp3) is 0.500. The number of hydrogen-bond donors (Lipinski definition) is 2. The van der Waals surface area contributed by atoms with Crippen molar-refractivity contribution in [3.63, 3.8) is 0 Å². The molecule has 7 heteroatoms. The lowest BCUT2D eigenvalue weighted by Gasteiger charge is -2.16. The van der Waals surface area contributed by atoms with Gasteiger partial charge in [0.2, 0.25) is 0 Å². The molecule has 2 saturated heterocycles. The minimum atomic E-state index is -0.604. The van der Waals surface area contributed by atoms with Crippen LogP contribution in [0.25, 0.3) is 0 Å². The van der Waals surface area contributed by atoms with Crippen molar-refractivity contribution in [3.8, 4) is 0 Å². The number of halogens is 1. The van der Waals surface area contributed by atoms with Crippen molar-refractivity contribution in [2.45, 2.75) is 25.4 Å². The Kier molecular flexibility index (Phi) is 4.33. The number of amides is 1. The Balaban J connectivity index is 1.42. The predicted molar refractivity (Wildman–Crippen MR) is 70.4 cm³/mol. The summed E-state index contributed by atoms with van der Waals surface area (Å²) in [6.07, 6.45) is -0.333. The van der Waals surface area contributed by atoms with Crippen LogP contribution in [0.15, 0.2) is 24.3 Å². The Morgan fingerprint density at radius 2 is 2.24 bits per heavy atom. The van der Waals surface area contributed by atoms with Crippen molar-refractivity contribution in [2.24, 2.45) is 5.92 Å². The molecule has 6 nitrogen and oxygen atoms in total. The van der Waals surface area contributed by atoms with Gasteiger partial charge in [0.1, 0.15) is 11.9 Å². The summed E-state index contributed by atoms with van der Waals surface area (Å²) >= 11 is 0. The topological polar surface area (TPSA) is 68.8 Å². The van der Waals surface area contributed by atoms with E-state index < -0.39 is 6.09 Å². The van der Waals surface area contributed by atoms with Gasteiger partial charge in [0.05, 0.1) is 19.1 Å². The number of ether oxygens (including phenoxy) is 3. The lowest BCUT2D eigenvalue weighted by atomic mass is 10.0. The van der Waals surface area contributed by atoms with Gasteiger partial charge >= 0.3 is 6.09 Å². The molecule has 2 heterocycles. The summed E-state index contributed by atoms with van der Waals surface area (Å²) in [6, 6.07) is 6.35. The second-order valence-corrected chi connectivity index (χ2v) is 5.04. The zero-order chi connectivity index (χ0) is 14.7. The van der Waals surface area contributed by atoms with E-state index in [1.54, 1.807) is 18.2 Å². The molecule has 2 fully saturated rings. The second-order valence-electron chi connectivity index (χ2n) is 5.04. The molecule has 2 N–H and O–H groups in total. The molecule has 0 aromatic heterocycles. The molecule has 0 bridgehead atoms. The lowest BCUT2D eigenvalue weighted by molar-refractivity contribution is -0.0907. The summed E-state index contributed by atoms with van der Waals surface area (Å²) in [5.41, 5.74) is 5.49. The highest BCUT2D eigenvalue weighted by atomic mass is 19.1. The standard InChI is InChI=1S/C14H17FN2O4/c15-11-4-2-1-3-9(11)7-16-17-14(18)21-12-8-20-13-10(12)5-6-19-13/h1-4,10,12-13,16H,5-8H2,(H,17,18)/t10-,12-,13+/m0/s1. The third kappa shape index (κ3) is 3.31. The molecular weight excluding hydrogens is 279 g/mol. The van der Waals surface area contributed by atoms with Gasteiger partial charge in [0, 0.05) is 12.1 Å². The molecule has 21 heavy (non-hydrogen) atoms. The number of fused-ring (bicyclic) bond motifs is 1.